The fraction of sp³-hybridized carbons (Fsp3) is 0.438. The Balaban J connectivity index is 1.75. The first kappa shape index (κ1) is 14.8. The lowest BCUT2D eigenvalue weighted by molar-refractivity contribution is 0.174. The normalized spacial score (nSPS) is 12.8. The van der Waals surface area contributed by atoms with Crippen LogP contribution in [-0.2, 0) is 6.54 Å². The zero-order valence-electron chi connectivity index (χ0n) is 12.2. The van der Waals surface area contributed by atoms with Gasteiger partial charge in [-0.05, 0) is 17.0 Å². The van der Waals surface area contributed by atoms with Crippen molar-refractivity contribution in [2.45, 2.75) is 32.4 Å². The van der Waals surface area contributed by atoms with Gasteiger partial charge in [0.2, 0.25) is 0 Å². The van der Waals surface area contributed by atoms with E-state index in [1.165, 1.54) is 5.56 Å². The van der Waals surface area contributed by atoms with Crippen LogP contribution in [0.3, 0.4) is 0 Å². The molecule has 1 aromatic heterocycles. The SMILES string of the molecule is CC(C)c1ccc(C(O)CNCCn2ccnc2)cc1. The second-order valence-electron chi connectivity index (χ2n) is 5.34. The maximum atomic E-state index is 10.1. The summed E-state index contributed by atoms with van der Waals surface area (Å²) in [4.78, 5) is 3.99. The van der Waals surface area contributed by atoms with Gasteiger partial charge in [-0.25, -0.2) is 4.98 Å². The first-order valence-corrected chi connectivity index (χ1v) is 7.11. The van der Waals surface area contributed by atoms with E-state index < -0.39 is 6.10 Å². The summed E-state index contributed by atoms with van der Waals surface area (Å²) in [5, 5.41) is 13.4. The Morgan fingerprint density at radius 2 is 1.90 bits per heavy atom. The maximum absolute atomic E-state index is 10.1. The van der Waals surface area contributed by atoms with Crippen molar-refractivity contribution < 1.29 is 5.11 Å². The molecule has 1 aromatic carbocycles. The Hall–Kier alpha value is -1.65. The van der Waals surface area contributed by atoms with E-state index in [2.05, 4.69) is 36.3 Å². The van der Waals surface area contributed by atoms with Gasteiger partial charge >= 0.3 is 0 Å². The highest BCUT2D eigenvalue weighted by Gasteiger charge is 2.07. The lowest BCUT2D eigenvalue weighted by Crippen LogP contribution is -2.25. The monoisotopic (exact) mass is 273 g/mol. The summed E-state index contributed by atoms with van der Waals surface area (Å²) in [5.74, 6) is 0.523. The minimum absolute atomic E-state index is 0.459. The molecule has 0 fully saturated rings. The van der Waals surface area contributed by atoms with Crippen LogP contribution in [0.15, 0.2) is 43.0 Å². The predicted octanol–water partition coefficient (Wildman–Crippen LogP) is 2.33. The van der Waals surface area contributed by atoms with Gasteiger partial charge in [-0.1, -0.05) is 38.1 Å². The standard InChI is InChI=1S/C16H23N3O/c1-13(2)14-3-5-15(6-4-14)16(20)11-17-7-9-19-10-8-18-12-19/h3-6,8,10,12-13,16-17,20H,7,9,11H2,1-2H3. The van der Waals surface area contributed by atoms with Crippen LogP contribution in [0.5, 0.6) is 0 Å². The number of imidazole rings is 1. The van der Waals surface area contributed by atoms with E-state index in [9.17, 15) is 5.11 Å². The molecular weight excluding hydrogens is 250 g/mol. The van der Waals surface area contributed by atoms with Gasteiger partial charge in [-0.15, -0.1) is 0 Å². The molecule has 4 heteroatoms. The van der Waals surface area contributed by atoms with Crippen LogP contribution in [0, 0.1) is 0 Å². The van der Waals surface area contributed by atoms with Crippen molar-refractivity contribution in [1.82, 2.24) is 14.9 Å². The minimum atomic E-state index is -0.459. The number of rotatable bonds is 7. The zero-order chi connectivity index (χ0) is 14.4. The van der Waals surface area contributed by atoms with Crippen molar-refractivity contribution in [1.29, 1.82) is 0 Å². The highest BCUT2D eigenvalue weighted by Crippen LogP contribution is 2.18. The molecule has 108 valence electrons. The summed E-state index contributed by atoms with van der Waals surface area (Å²) in [6, 6.07) is 8.21. The van der Waals surface area contributed by atoms with Gasteiger partial charge < -0.3 is 15.0 Å². The maximum Gasteiger partial charge on any atom is 0.0946 e. The summed E-state index contributed by atoms with van der Waals surface area (Å²) in [7, 11) is 0. The van der Waals surface area contributed by atoms with Gasteiger partial charge in [0, 0.05) is 32.0 Å². The van der Waals surface area contributed by atoms with Crippen LogP contribution >= 0.6 is 0 Å². The molecule has 2 aromatic rings. The molecule has 2 rings (SSSR count). The molecule has 0 bridgehead atoms. The Kier molecular flexibility index (Phi) is 5.32. The third-order valence-corrected chi connectivity index (χ3v) is 3.43. The average Bonchev–Trinajstić information content (AvgIpc) is 2.96. The Labute approximate surface area is 120 Å². The van der Waals surface area contributed by atoms with Crippen LogP contribution in [-0.4, -0.2) is 27.7 Å². The topological polar surface area (TPSA) is 50.1 Å². The summed E-state index contributed by atoms with van der Waals surface area (Å²) in [5.41, 5.74) is 2.26. The highest BCUT2D eigenvalue weighted by atomic mass is 16.3. The van der Waals surface area contributed by atoms with E-state index in [0.29, 0.717) is 12.5 Å². The molecule has 0 aliphatic rings. The van der Waals surface area contributed by atoms with Crippen molar-refractivity contribution in [2.75, 3.05) is 13.1 Å². The summed E-state index contributed by atoms with van der Waals surface area (Å²) in [6.45, 7) is 6.58. The van der Waals surface area contributed by atoms with E-state index in [1.807, 2.05) is 22.9 Å². The average molecular weight is 273 g/mol. The molecule has 0 saturated carbocycles. The van der Waals surface area contributed by atoms with Gasteiger partial charge in [-0.3, -0.25) is 0 Å². The summed E-state index contributed by atoms with van der Waals surface area (Å²) in [6.07, 6.45) is 5.04. The lowest BCUT2D eigenvalue weighted by Gasteiger charge is -2.14. The zero-order valence-corrected chi connectivity index (χ0v) is 12.2. The molecule has 0 saturated heterocycles. The Morgan fingerprint density at radius 3 is 2.50 bits per heavy atom. The molecule has 0 amide bonds. The van der Waals surface area contributed by atoms with Gasteiger partial charge in [-0.2, -0.15) is 0 Å². The number of hydrogen-bond donors (Lipinski definition) is 2. The third-order valence-electron chi connectivity index (χ3n) is 3.43. The van der Waals surface area contributed by atoms with E-state index in [1.54, 1.807) is 12.5 Å². The lowest BCUT2D eigenvalue weighted by atomic mass is 10.00. The minimum Gasteiger partial charge on any atom is -0.387 e. The van der Waals surface area contributed by atoms with Gasteiger partial charge in [0.1, 0.15) is 0 Å². The van der Waals surface area contributed by atoms with Crippen LogP contribution in [0.1, 0.15) is 37.0 Å². The van der Waals surface area contributed by atoms with Crippen LogP contribution in [0.2, 0.25) is 0 Å². The van der Waals surface area contributed by atoms with Crippen LogP contribution in [0.4, 0.5) is 0 Å². The molecule has 0 aliphatic heterocycles. The van der Waals surface area contributed by atoms with Crippen molar-refractivity contribution in [3.8, 4) is 0 Å². The number of nitrogens with one attached hydrogen (secondary N) is 1. The largest absolute Gasteiger partial charge is 0.387 e. The highest BCUT2D eigenvalue weighted by molar-refractivity contribution is 5.26. The molecule has 1 unspecified atom stereocenters. The van der Waals surface area contributed by atoms with Crippen molar-refractivity contribution in [2.24, 2.45) is 0 Å². The number of nitrogens with zero attached hydrogens (tertiary/aromatic N) is 2. The van der Waals surface area contributed by atoms with Crippen molar-refractivity contribution in [3.63, 3.8) is 0 Å². The second kappa shape index (κ2) is 7.22. The number of hydrogen-bond acceptors (Lipinski definition) is 3. The fourth-order valence-electron chi connectivity index (χ4n) is 2.09. The number of aromatic nitrogens is 2. The number of aliphatic hydroxyl groups is 1. The van der Waals surface area contributed by atoms with Crippen LogP contribution in [0.25, 0.3) is 0 Å². The summed E-state index contributed by atoms with van der Waals surface area (Å²) >= 11 is 0. The van der Waals surface area contributed by atoms with Crippen LogP contribution < -0.4 is 5.32 Å². The molecule has 4 nitrogen and oxygen atoms in total. The molecular formula is C16H23N3O. The fourth-order valence-corrected chi connectivity index (χ4v) is 2.09. The molecule has 20 heavy (non-hydrogen) atoms. The molecule has 2 N–H and O–H groups in total. The number of aliphatic hydroxyl groups excluding tert-OH is 1. The first-order chi connectivity index (χ1) is 9.66. The Morgan fingerprint density at radius 1 is 1.20 bits per heavy atom. The van der Waals surface area contributed by atoms with E-state index >= 15 is 0 Å². The Bertz CT molecular complexity index is 491. The predicted molar refractivity (Wildman–Crippen MR) is 80.6 cm³/mol. The molecule has 0 radical (unpaired) electrons. The second-order valence-corrected chi connectivity index (χ2v) is 5.34. The van der Waals surface area contributed by atoms with Crippen molar-refractivity contribution >= 4 is 0 Å². The molecule has 1 atom stereocenters. The van der Waals surface area contributed by atoms with Gasteiger partial charge in [0.25, 0.3) is 0 Å². The molecule has 0 aliphatic carbocycles. The van der Waals surface area contributed by atoms with Gasteiger partial charge in [0.05, 0.1) is 12.4 Å². The number of benzene rings is 1. The third kappa shape index (κ3) is 4.18. The quantitative estimate of drug-likeness (QED) is 0.761. The van der Waals surface area contributed by atoms with E-state index in [4.69, 9.17) is 0 Å². The van der Waals surface area contributed by atoms with Crippen molar-refractivity contribution in [3.05, 3.63) is 54.1 Å². The van der Waals surface area contributed by atoms with E-state index in [0.717, 1.165) is 18.7 Å². The van der Waals surface area contributed by atoms with Gasteiger partial charge in [0.15, 0.2) is 0 Å². The molecule has 0 spiro atoms. The smallest absolute Gasteiger partial charge is 0.0946 e. The van der Waals surface area contributed by atoms with E-state index in [-0.39, 0.29) is 0 Å². The first-order valence-electron chi connectivity index (χ1n) is 7.11. The molecule has 1 heterocycles. The summed E-state index contributed by atoms with van der Waals surface area (Å²) < 4.78 is 2.01.